The Hall–Kier alpha value is -2.24. The van der Waals surface area contributed by atoms with Gasteiger partial charge in [0, 0.05) is 5.56 Å². The molecular formula is C12H14N4O2. The molecular weight excluding hydrogens is 232 g/mol. The number of aromatic nitrogens is 4. The van der Waals surface area contributed by atoms with Crippen LogP contribution in [0.15, 0.2) is 18.2 Å². The number of Topliss-reactive ketones (excluding diaryl/α,β-unsaturated/α-hetero) is 1. The van der Waals surface area contributed by atoms with Gasteiger partial charge in [-0.3, -0.25) is 4.79 Å². The first-order valence-corrected chi connectivity index (χ1v) is 5.53. The Kier molecular flexibility index (Phi) is 3.36. The van der Waals surface area contributed by atoms with Gasteiger partial charge in [-0.2, -0.15) is 4.80 Å². The van der Waals surface area contributed by atoms with E-state index < -0.39 is 0 Å². The minimum absolute atomic E-state index is 0.0419. The minimum Gasteiger partial charge on any atom is -0.485 e. The van der Waals surface area contributed by atoms with Crippen molar-refractivity contribution < 1.29 is 9.53 Å². The number of carbonyl (C=O) groups is 1. The molecule has 0 bridgehead atoms. The van der Waals surface area contributed by atoms with Crippen molar-refractivity contribution in [1.82, 2.24) is 20.2 Å². The van der Waals surface area contributed by atoms with Crippen LogP contribution >= 0.6 is 0 Å². The van der Waals surface area contributed by atoms with Crippen molar-refractivity contribution in [2.24, 2.45) is 7.05 Å². The lowest BCUT2D eigenvalue weighted by molar-refractivity contribution is 0.101. The van der Waals surface area contributed by atoms with E-state index in [4.69, 9.17) is 4.74 Å². The number of benzene rings is 1. The molecule has 6 nitrogen and oxygen atoms in total. The lowest BCUT2D eigenvalue weighted by Gasteiger charge is -2.07. The summed E-state index contributed by atoms with van der Waals surface area (Å²) in [4.78, 5) is 12.6. The third-order valence-corrected chi connectivity index (χ3v) is 2.49. The highest BCUT2D eigenvalue weighted by Crippen LogP contribution is 2.20. The van der Waals surface area contributed by atoms with Crippen LogP contribution < -0.4 is 4.74 Å². The Morgan fingerprint density at radius 1 is 1.44 bits per heavy atom. The zero-order valence-electron chi connectivity index (χ0n) is 10.5. The molecule has 0 N–H and O–H groups in total. The number of hydrogen-bond acceptors (Lipinski definition) is 5. The normalized spacial score (nSPS) is 10.4. The van der Waals surface area contributed by atoms with Gasteiger partial charge >= 0.3 is 0 Å². The molecule has 0 aliphatic carbocycles. The molecule has 0 amide bonds. The molecule has 1 aromatic heterocycles. The summed E-state index contributed by atoms with van der Waals surface area (Å²) in [6.07, 6.45) is 0. The van der Waals surface area contributed by atoms with E-state index in [1.807, 2.05) is 13.0 Å². The van der Waals surface area contributed by atoms with Gasteiger partial charge in [-0.15, -0.1) is 10.2 Å². The van der Waals surface area contributed by atoms with E-state index in [1.165, 1.54) is 4.80 Å². The smallest absolute Gasteiger partial charge is 0.212 e. The standard InChI is InChI=1S/C12H14N4O2/c1-8-6-10(9(2)17)4-5-11(8)18-7-12-13-15-16(3)14-12/h4-6H,7H2,1-3H3. The molecule has 0 fully saturated rings. The minimum atomic E-state index is 0.0419. The monoisotopic (exact) mass is 246 g/mol. The van der Waals surface area contributed by atoms with Crippen molar-refractivity contribution in [1.29, 1.82) is 0 Å². The zero-order valence-corrected chi connectivity index (χ0v) is 10.5. The highest BCUT2D eigenvalue weighted by molar-refractivity contribution is 5.94. The van der Waals surface area contributed by atoms with Crippen molar-refractivity contribution in [3.05, 3.63) is 35.2 Å². The Bertz CT molecular complexity index is 577. The van der Waals surface area contributed by atoms with Gasteiger partial charge in [0.05, 0.1) is 7.05 Å². The second-order valence-electron chi connectivity index (χ2n) is 4.02. The number of nitrogens with zero attached hydrogens (tertiary/aromatic N) is 4. The highest BCUT2D eigenvalue weighted by atomic mass is 16.5. The van der Waals surface area contributed by atoms with Crippen LogP contribution in [-0.4, -0.2) is 26.0 Å². The molecule has 0 aliphatic heterocycles. The van der Waals surface area contributed by atoms with Gasteiger partial charge in [0.1, 0.15) is 5.75 Å². The Labute approximate surface area is 105 Å². The lowest BCUT2D eigenvalue weighted by atomic mass is 10.1. The molecule has 1 heterocycles. The average Bonchev–Trinajstić information content (AvgIpc) is 2.73. The number of carbonyl (C=O) groups excluding carboxylic acids is 1. The molecule has 2 rings (SSSR count). The first-order valence-electron chi connectivity index (χ1n) is 5.53. The van der Waals surface area contributed by atoms with Crippen molar-refractivity contribution in [2.75, 3.05) is 0 Å². The van der Waals surface area contributed by atoms with Gasteiger partial charge in [-0.05, 0) is 42.8 Å². The molecule has 6 heteroatoms. The summed E-state index contributed by atoms with van der Waals surface area (Å²) in [5.74, 6) is 1.28. The summed E-state index contributed by atoms with van der Waals surface area (Å²) in [5, 5.41) is 11.6. The molecule has 0 saturated carbocycles. The molecule has 0 atom stereocenters. The zero-order chi connectivity index (χ0) is 13.1. The number of ketones is 1. The largest absolute Gasteiger partial charge is 0.485 e. The van der Waals surface area contributed by atoms with Crippen LogP contribution in [0, 0.1) is 6.92 Å². The molecule has 0 saturated heterocycles. The summed E-state index contributed by atoms with van der Waals surface area (Å²) < 4.78 is 5.58. The predicted octanol–water partition coefficient (Wildman–Crippen LogP) is 1.30. The van der Waals surface area contributed by atoms with Crippen LogP contribution in [0.25, 0.3) is 0 Å². The van der Waals surface area contributed by atoms with E-state index in [2.05, 4.69) is 15.4 Å². The second-order valence-corrected chi connectivity index (χ2v) is 4.02. The highest BCUT2D eigenvalue weighted by Gasteiger charge is 2.06. The second kappa shape index (κ2) is 4.95. The topological polar surface area (TPSA) is 69.9 Å². The predicted molar refractivity (Wildman–Crippen MR) is 64.3 cm³/mol. The van der Waals surface area contributed by atoms with Gasteiger partial charge in [-0.25, -0.2) is 0 Å². The molecule has 0 unspecified atom stereocenters. The van der Waals surface area contributed by atoms with Gasteiger partial charge < -0.3 is 4.74 Å². The first-order chi connectivity index (χ1) is 8.56. The van der Waals surface area contributed by atoms with Crippen LogP contribution in [0.4, 0.5) is 0 Å². The maximum Gasteiger partial charge on any atom is 0.212 e. The van der Waals surface area contributed by atoms with E-state index in [-0.39, 0.29) is 12.4 Å². The fourth-order valence-electron chi connectivity index (χ4n) is 1.55. The van der Waals surface area contributed by atoms with E-state index >= 15 is 0 Å². The third-order valence-electron chi connectivity index (χ3n) is 2.49. The van der Waals surface area contributed by atoms with Crippen molar-refractivity contribution in [3.8, 4) is 5.75 Å². The molecule has 2 aromatic rings. The van der Waals surface area contributed by atoms with Gasteiger partial charge in [0.15, 0.2) is 12.4 Å². The lowest BCUT2D eigenvalue weighted by Crippen LogP contribution is -2.01. The van der Waals surface area contributed by atoms with E-state index in [1.54, 1.807) is 26.1 Å². The fourth-order valence-corrected chi connectivity index (χ4v) is 1.55. The third kappa shape index (κ3) is 2.71. The van der Waals surface area contributed by atoms with Gasteiger partial charge in [-0.1, -0.05) is 0 Å². The first kappa shape index (κ1) is 12.2. The Morgan fingerprint density at radius 2 is 2.22 bits per heavy atom. The number of aryl methyl sites for hydroxylation is 2. The van der Waals surface area contributed by atoms with Gasteiger partial charge in [0.25, 0.3) is 0 Å². The molecule has 0 spiro atoms. The Morgan fingerprint density at radius 3 is 2.78 bits per heavy atom. The van der Waals surface area contributed by atoms with Crippen LogP contribution in [0.1, 0.15) is 28.7 Å². The van der Waals surface area contributed by atoms with E-state index in [0.29, 0.717) is 17.1 Å². The van der Waals surface area contributed by atoms with Crippen LogP contribution in [-0.2, 0) is 13.7 Å². The van der Waals surface area contributed by atoms with Crippen LogP contribution in [0.2, 0.25) is 0 Å². The van der Waals surface area contributed by atoms with Gasteiger partial charge in [0.2, 0.25) is 5.82 Å². The van der Waals surface area contributed by atoms with E-state index in [9.17, 15) is 4.79 Å². The summed E-state index contributed by atoms with van der Waals surface area (Å²) in [5.41, 5.74) is 1.59. The number of rotatable bonds is 4. The summed E-state index contributed by atoms with van der Waals surface area (Å²) in [6, 6.07) is 5.33. The number of ether oxygens (including phenoxy) is 1. The molecule has 0 radical (unpaired) electrons. The van der Waals surface area contributed by atoms with Crippen molar-refractivity contribution >= 4 is 5.78 Å². The summed E-state index contributed by atoms with van der Waals surface area (Å²) in [6.45, 7) is 3.69. The SMILES string of the molecule is CC(=O)c1ccc(OCc2nnn(C)n2)c(C)c1. The number of tetrazole rings is 1. The summed E-state index contributed by atoms with van der Waals surface area (Å²) in [7, 11) is 1.70. The maximum absolute atomic E-state index is 11.2. The summed E-state index contributed by atoms with van der Waals surface area (Å²) >= 11 is 0. The molecule has 94 valence electrons. The maximum atomic E-state index is 11.2. The molecule has 0 aliphatic rings. The van der Waals surface area contributed by atoms with E-state index in [0.717, 1.165) is 5.56 Å². The molecule has 1 aromatic carbocycles. The Balaban J connectivity index is 2.08. The van der Waals surface area contributed by atoms with Crippen molar-refractivity contribution in [3.63, 3.8) is 0 Å². The van der Waals surface area contributed by atoms with Crippen molar-refractivity contribution in [2.45, 2.75) is 20.5 Å². The van der Waals surface area contributed by atoms with Crippen LogP contribution in [0.3, 0.4) is 0 Å². The average molecular weight is 246 g/mol. The number of hydrogen-bond donors (Lipinski definition) is 0. The molecule has 18 heavy (non-hydrogen) atoms. The quantitative estimate of drug-likeness (QED) is 0.760. The van der Waals surface area contributed by atoms with Crippen LogP contribution in [0.5, 0.6) is 5.75 Å². The fraction of sp³-hybridized carbons (Fsp3) is 0.333.